The summed E-state index contributed by atoms with van der Waals surface area (Å²) >= 11 is 0. The maximum atomic E-state index is 8.96. The van der Waals surface area contributed by atoms with Crippen LogP contribution >= 0.6 is 0 Å². The van der Waals surface area contributed by atoms with Crippen LogP contribution in [0.25, 0.3) is 0 Å². The van der Waals surface area contributed by atoms with E-state index in [-0.39, 0.29) is 17.2 Å². The van der Waals surface area contributed by atoms with Crippen molar-refractivity contribution in [1.29, 1.82) is 0 Å². The van der Waals surface area contributed by atoms with E-state index in [2.05, 4.69) is 0 Å². The molecule has 3 nitrogen and oxygen atoms in total. The summed E-state index contributed by atoms with van der Waals surface area (Å²) < 4.78 is 0. The Labute approximate surface area is 72.5 Å². The highest BCUT2D eigenvalue weighted by molar-refractivity contribution is 5.60. The van der Waals surface area contributed by atoms with Gasteiger partial charge in [0, 0.05) is 0 Å². The Kier molecular flexibility index (Phi) is 3.97. The number of phenols is 2. The Balaban J connectivity index is 0.000000561. The zero-order valence-corrected chi connectivity index (χ0v) is 7.63. The molecular formula is C9H15NO2. The van der Waals surface area contributed by atoms with Crippen LogP contribution in [0.1, 0.15) is 19.4 Å². The van der Waals surface area contributed by atoms with Gasteiger partial charge in [-0.15, -0.1) is 0 Å². The minimum Gasteiger partial charge on any atom is -0.504 e. The van der Waals surface area contributed by atoms with Crippen LogP contribution in [0, 0.1) is 6.92 Å². The molecule has 0 heterocycles. The van der Waals surface area contributed by atoms with Crippen molar-refractivity contribution in [3.05, 3.63) is 17.7 Å². The standard InChI is InChI=1S/C7H9NO2.C2H6/c1-4-2-5(8)7(10)6(9)3-4;1-2/h2-3,9-10H,8H2,1H3;1-2H3. The molecule has 68 valence electrons. The molecule has 0 amide bonds. The molecule has 0 saturated heterocycles. The Bertz CT molecular complexity index is 236. The zero-order valence-electron chi connectivity index (χ0n) is 7.63. The predicted molar refractivity (Wildman–Crippen MR) is 50.3 cm³/mol. The van der Waals surface area contributed by atoms with Gasteiger partial charge in [-0.1, -0.05) is 13.8 Å². The molecule has 0 radical (unpaired) electrons. The third kappa shape index (κ3) is 2.34. The summed E-state index contributed by atoms with van der Waals surface area (Å²) in [4.78, 5) is 0. The molecule has 1 aromatic carbocycles. The molecule has 1 rings (SSSR count). The van der Waals surface area contributed by atoms with E-state index < -0.39 is 0 Å². The van der Waals surface area contributed by atoms with Gasteiger partial charge in [-0.05, 0) is 24.6 Å². The molecule has 0 aliphatic carbocycles. The number of hydrogen-bond donors (Lipinski definition) is 3. The average molecular weight is 169 g/mol. The van der Waals surface area contributed by atoms with Crippen molar-refractivity contribution in [3.63, 3.8) is 0 Å². The Hall–Kier alpha value is -1.38. The van der Waals surface area contributed by atoms with E-state index in [9.17, 15) is 0 Å². The van der Waals surface area contributed by atoms with Crippen molar-refractivity contribution < 1.29 is 10.2 Å². The number of anilines is 1. The molecule has 0 aliphatic heterocycles. The van der Waals surface area contributed by atoms with Crippen molar-refractivity contribution in [2.24, 2.45) is 0 Å². The number of aromatic hydroxyl groups is 2. The fourth-order valence-corrected chi connectivity index (χ4v) is 0.787. The minimum atomic E-state index is -0.245. The van der Waals surface area contributed by atoms with Gasteiger partial charge in [-0.3, -0.25) is 0 Å². The highest BCUT2D eigenvalue weighted by Gasteiger charge is 2.02. The van der Waals surface area contributed by atoms with Gasteiger partial charge in [0.2, 0.25) is 0 Å². The number of rotatable bonds is 0. The molecule has 0 bridgehead atoms. The first kappa shape index (κ1) is 10.6. The monoisotopic (exact) mass is 169 g/mol. The van der Waals surface area contributed by atoms with E-state index in [1.165, 1.54) is 6.07 Å². The number of nitrogens with two attached hydrogens (primary N) is 1. The number of aryl methyl sites for hydroxylation is 1. The molecule has 0 saturated carbocycles. The van der Waals surface area contributed by atoms with Gasteiger partial charge >= 0.3 is 0 Å². The SMILES string of the molecule is CC.Cc1cc(N)c(O)c(O)c1. The van der Waals surface area contributed by atoms with Crippen LogP contribution in [0.5, 0.6) is 11.5 Å². The average Bonchev–Trinajstić information content (AvgIpc) is 2.04. The number of phenolic OH excluding ortho intramolecular Hbond substituents is 2. The quantitative estimate of drug-likeness (QED) is 0.411. The Morgan fingerprint density at radius 2 is 1.67 bits per heavy atom. The van der Waals surface area contributed by atoms with E-state index >= 15 is 0 Å². The summed E-state index contributed by atoms with van der Waals surface area (Å²) in [6.45, 7) is 5.79. The fourth-order valence-electron chi connectivity index (χ4n) is 0.787. The first-order valence-electron chi connectivity index (χ1n) is 3.89. The summed E-state index contributed by atoms with van der Waals surface area (Å²) in [6.07, 6.45) is 0. The molecule has 3 heteroatoms. The summed E-state index contributed by atoms with van der Waals surface area (Å²) in [5, 5.41) is 17.9. The minimum absolute atomic E-state index is 0.169. The molecule has 0 unspecified atom stereocenters. The van der Waals surface area contributed by atoms with Crippen molar-refractivity contribution in [1.82, 2.24) is 0 Å². The largest absolute Gasteiger partial charge is 0.504 e. The van der Waals surface area contributed by atoms with Crippen molar-refractivity contribution in [3.8, 4) is 11.5 Å². The van der Waals surface area contributed by atoms with Gasteiger partial charge < -0.3 is 15.9 Å². The molecule has 0 aromatic heterocycles. The van der Waals surface area contributed by atoms with Crippen LogP contribution in [0.2, 0.25) is 0 Å². The van der Waals surface area contributed by atoms with E-state index in [1.807, 2.05) is 13.8 Å². The second-order valence-electron chi connectivity index (χ2n) is 2.22. The van der Waals surface area contributed by atoms with Crippen LogP contribution in [-0.2, 0) is 0 Å². The van der Waals surface area contributed by atoms with Crippen LogP contribution in [0.3, 0.4) is 0 Å². The van der Waals surface area contributed by atoms with Crippen molar-refractivity contribution in [2.75, 3.05) is 5.73 Å². The first-order chi connectivity index (χ1) is 5.61. The van der Waals surface area contributed by atoms with Crippen molar-refractivity contribution >= 4 is 5.69 Å². The van der Waals surface area contributed by atoms with Crippen LogP contribution in [-0.4, -0.2) is 10.2 Å². The smallest absolute Gasteiger partial charge is 0.180 e. The van der Waals surface area contributed by atoms with Gasteiger partial charge in [0.15, 0.2) is 11.5 Å². The third-order valence-corrected chi connectivity index (χ3v) is 1.26. The molecular weight excluding hydrogens is 154 g/mol. The molecule has 12 heavy (non-hydrogen) atoms. The van der Waals surface area contributed by atoms with E-state index in [4.69, 9.17) is 15.9 Å². The number of nitrogen functional groups attached to an aromatic ring is 1. The van der Waals surface area contributed by atoms with Gasteiger partial charge in [-0.25, -0.2) is 0 Å². The molecule has 0 fully saturated rings. The van der Waals surface area contributed by atoms with E-state index in [1.54, 1.807) is 13.0 Å². The van der Waals surface area contributed by atoms with E-state index in [0.29, 0.717) is 0 Å². The predicted octanol–water partition coefficient (Wildman–Crippen LogP) is 2.01. The van der Waals surface area contributed by atoms with Crippen LogP contribution in [0.4, 0.5) is 5.69 Å². The maximum Gasteiger partial charge on any atom is 0.180 e. The summed E-state index contributed by atoms with van der Waals surface area (Å²) in [5.41, 5.74) is 6.34. The lowest BCUT2D eigenvalue weighted by atomic mass is 10.2. The van der Waals surface area contributed by atoms with Crippen LogP contribution < -0.4 is 5.73 Å². The summed E-state index contributed by atoms with van der Waals surface area (Å²) in [5.74, 6) is -0.414. The molecule has 0 aliphatic rings. The Morgan fingerprint density at radius 3 is 2.08 bits per heavy atom. The lowest BCUT2D eigenvalue weighted by Gasteiger charge is -2.01. The maximum absolute atomic E-state index is 8.96. The Morgan fingerprint density at radius 1 is 1.17 bits per heavy atom. The molecule has 0 spiro atoms. The fraction of sp³-hybridized carbons (Fsp3) is 0.333. The first-order valence-corrected chi connectivity index (χ1v) is 3.89. The van der Waals surface area contributed by atoms with Crippen molar-refractivity contribution in [2.45, 2.75) is 20.8 Å². The highest BCUT2D eigenvalue weighted by Crippen LogP contribution is 2.31. The third-order valence-electron chi connectivity index (χ3n) is 1.26. The molecule has 1 aromatic rings. The van der Waals surface area contributed by atoms with Gasteiger partial charge in [0.1, 0.15) is 0 Å². The van der Waals surface area contributed by atoms with Crippen LogP contribution in [0.15, 0.2) is 12.1 Å². The zero-order chi connectivity index (χ0) is 9.72. The van der Waals surface area contributed by atoms with Gasteiger partial charge in [0.05, 0.1) is 5.69 Å². The van der Waals surface area contributed by atoms with Gasteiger partial charge in [0.25, 0.3) is 0 Å². The lowest BCUT2D eigenvalue weighted by molar-refractivity contribution is 0.405. The molecule has 0 atom stereocenters. The highest BCUT2D eigenvalue weighted by atomic mass is 16.3. The van der Waals surface area contributed by atoms with Gasteiger partial charge in [-0.2, -0.15) is 0 Å². The number of benzene rings is 1. The number of hydrogen-bond acceptors (Lipinski definition) is 3. The molecule has 4 N–H and O–H groups in total. The second-order valence-corrected chi connectivity index (χ2v) is 2.22. The summed E-state index contributed by atoms with van der Waals surface area (Å²) in [7, 11) is 0. The topological polar surface area (TPSA) is 66.5 Å². The summed E-state index contributed by atoms with van der Waals surface area (Å²) in [6, 6.07) is 3.04. The second kappa shape index (κ2) is 4.49. The lowest BCUT2D eigenvalue weighted by Crippen LogP contribution is -1.86. The normalized spacial score (nSPS) is 8.58. The van der Waals surface area contributed by atoms with E-state index in [0.717, 1.165) is 5.56 Å².